The average Bonchev–Trinajstić information content (AvgIpc) is 3.59. The van der Waals surface area contributed by atoms with Crippen LogP contribution in [-0.2, 0) is 24.1 Å². The van der Waals surface area contributed by atoms with Crippen molar-refractivity contribution in [1.29, 1.82) is 0 Å². The zero-order chi connectivity index (χ0) is 29.6. The van der Waals surface area contributed by atoms with Gasteiger partial charge in [0.25, 0.3) is 5.91 Å². The number of nitrogens with zero attached hydrogens (tertiary/aromatic N) is 4. The smallest absolute Gasteiger partial charge is 0.257 e. The number of aromatic nitrogens is 3. The summed E-state index contributed by atoms with van der Waals surface area (Å²) < 4.78 is 29.8. The molecule has 2 aromatic carbocycles. The Hall–Kier alpha value is -4.12. The molecular weight excluding hydrogens is 563 g/mol. The highest BCUT2D eigenvalue weighted by molar-refractivity contribution is 6.30. The van der Waals surface area contributed by atoms with Crippen molar-refractivity contribution in [2.45, 2.75) is 25.1 Å². The number of aliphatic hydroxyl groups is 1. The number of amides is 1. The molecule has 11 heteroatoms. The van der Waals surface area contributed by atoms with E-state index in [1.54, 1.807) is 49.6 Å². The molecule has 1 fully saturated rings. The third-order valence-corrected chi connectivity index (χ3v) is 8.23. The first-order chi connectivity index (χ1) is 20.2. The van der Waals surface area contributed by atoms with Gasteiger partial charge in [-0.15, -0.1) is 0 Å². The molecule has 9 nitrogen and oxygen atoms in total. The highest BCUT2D eigenvalue weighted by Gasteiger charge is 2.56. The minimum absolute atomic E-state index is 0.00455. The van der Waals surface area contributed by atoms with Crippen LogP contribution < -0.4 is 4.74 Å². The van der Waals surface area contributed by atoms with E-state index in [2.05, 4.69) is 10.1 Å². The summed E-state index contributed by atoms with van der Waals surface area (Å²) in [6, 6.07) is 12.7. The van der Waals surface area contributed by atoms with Gasteiger partial charge in [-0.2, -0.15) is 5.10 Å². The summed E-state index contributed by atoms with van der Waals surface area (Å²) in [5, 5.41) is 14.6. The lowest BCUT2D eigenvalue weighted by Gasteiger charge is -2.40. The minimum Gasteiger partial charge on any atom is -0.481 e. The Labute approximate surface area is 246 Å². The van der Waals surface area contributed by atoms with Gasteiger partial charge in [0.15, 0.2) is 11.5 Å². The second-order valence-electron chi connectivity index (χ2n) is 10.8. The number of carbonyl (C=O) groups is 2. The first-order valence-electron chi connectivity index (χ1n) is 13.4. The highest BCUT2D eigenvalue weighted by Crippen LogP contribution is 2.52. The molecule has 0 radical (unpaired) electrons. The van der Waals surface area contributed by atoms with Crippen molar-refractivity contribution < 1.29 is 28.6 Å². The molecule has 1 amide bonds. The van der Waals surface area contributed by atoms with Crippen molar-refractivity contribution in [1.82, 2.24) is 19.7 Å². The standard InChI is InChI=1S/C31H28ClFN4O5/c1-36-16-21(14-35-36)28(39)20-11-24-27(25(33)12-20)31(22-4-6-23(32)7-5-22,42-18-30(17-38)9-10-30)37(29(24)40)15-19-3-8-26(41-2)34-13-19/h3-8,11-14,16,38H,9-10,15,17-18H2,1-2H3/t31-/m1/s1. The highest BCUT2D eigenvalue weighted by atomic mass is 35.5. The van der Waals surface area contributed by atoms with Crippen molar-refractivity contribution >= 4 is 23.3 Å². The maximum absolute atomic E-state index is 16.5. The van der Waals surface area contributed by atoms with Gasteiger partial charge >= 0.3 is 0 Å². The van der Waals surface area contributed by atoms with Crippen LogP contribution in [0.5, 0.6) is 5.88 Å². The summed E-state index contributed by atoms with van der Waals surface area (Å²) in [7, 11) is 3.18. The van der Waals surface area contributed by atoms with E-state index in [0.717, 1.165) is 18.9 Å². The second-order valence-corrected chi connectivity index (χ2v) is 11.2. The van der Waals surface area contributed by atoms with Gasteiger partial charge < -0.3 is 14.6 Å². The van der Waals surface area contributed by atoms with Crippen LogP contribution in [0.15, 0.2) is 67.1 Å². The van der Waals surface area contributed by atoms with Crippen LogP contribution in [0.25, 0.3) is 0 Å². The first-order valence-corrected chi connectivity index (χ1v) is 13.8. The number of ketones is 1. The van der Waals surface area contributed by atoms with Crippen LogP contribution in [0.1, 0.15) is 55.8 Å². The van der Waals surface area contributed by atoms with E-state index in [1.165, 1.54) is 35.2 Å². The zero-order valence-electron chi connectivity index (χ0n) is 23.0. The molecule has 1 N–H and O–H groups in total. The van der Waals surface area contributed by atoms with Crippen LogP contribution in [0.4, 0.5) is 4.39 Å². The number of rotatable bonds is 10. The summed E-state index contributed by atoms with van der Waals surface area (Å²) in [4.78, 5) is 33.3. The fraction of sp³-hybridized carbons (Fsp3) is 0.290. The molecule has 1 aliphatic carbocycles. The van der Waals surface area contributed by atoms with Gasteiger partial charge in [-0.3, -0.25) is 19.2 Å². The first kappa shape index (κ1) is 28.0. The normalized spacial score (nSPS) is 18.7. The van der Waals surface area contributed by atoms with Crippen molar-refractivity contribution in [2.24, 2.45) is 12.5 Å². The molecule has 0 saturated heterocycles. The summed E-state index contributed by atoms with van der Waals surface area (Å²) >= 11 is 6.22. The van der Waals surface area contributed by atoms with Gasteiger partial charge in [-0.25, -0.2) is 9.37 Å². The van der Waals surface area contributed by atoms with Crippen molar-refractivity contribution in [3.05, 3.63) is 111 Å². The Kier molecular flexibility index (Phi) is 7.08. The van der Waals surface area contributed by atoms with E-state index in [9.17, 15) is 14.7 Å². The van der Waals surface area contributed by atoms with E-state index < -0.39 is 28.6 Å². The number of benzene rings is 2. The summed E-state index contributed by atoms with van der Waals surface area (Å²) in [6.07, 6.45) is 5.98. The predicted octanol–water partition coefficient (Wildman–Crippen LogP) is 4.49. The Morgan fingerprint density at radius 3 is 2.48 bits per heavy atom. The van der Waals surface area contributed by atoms with Crippen molar-refractivity contribution in [2.75, 3.05) is 20.3 Å². The molecule has 1 saturated carbocycles. The Bertz CT molecular complexity index is 1670. The number of halogens is 2. The van der Waals surface area contributed by atoms with Gasteiger partial charge in [0.1, 0.15) is 5.82 Å². The molecular formula is C31H28ClFN4O5. The molecule has 1 aliphatic heterocycles. The van der Waals surface area contributed by atoms with Crippen LogP contribution >= 0.6 is 11.6 Å². The van der Waals surface area contributed by atoms with E-state index in [4.69, 9.17) is 21.1 Å². The van der Waals surface area contributed by atoms with E-state index in [1.807, 2.05) is 0 Å². The lowest BCUT2D eigenvalue weighted by atomic mass is 9.90. The maximum Gasteiger partial charge on any atom is 0.257 e. The van der Waals surface area contributed by atoms with Gasteiger partial charge in [0, 0.05) is 47.1 Å². The fourth-order valence-electron chi connectivity index (χ4n) is 5.36. The molecule has 42 heavy (non-hydrogen) atoms. The molecule has 2 aliphatic rings. The van der Waals surface area contributed by atoms with Gasteiger partial charge in [0.2, 0.25) is 5.88 Å². The summed E-state index contributed by atoms with van der Waals surface area (Å²) in [5.74, 6) is -1.36. The minimum atomic E-state index is -1.72. The SMILES string of the molecule is COc1ccc(CN2C(=O)c3cc(C(=O)c4cnn(C)c4)cc(F)c3[C@]2(OCC2(CO)CC2)c2ccc(Cl)cc2)cn1. The molecule has 0 bridgehead atoms. The van der Waals surface area contributed by atoms with Crippen LogP contribution in [0.3, 0.4) is 0 Å². The third-order valence-electron chi connectivity index (χ3n) is 7.98. The van der Waals surface area contributed by atoms with Crippen LogP contribution in [0, 0.1) is 11.2 Å². The average molecular weight is 591 g/mol. The van der Waals surface area contributed by atoms with E-state index >= 15 is 4.39 Å². The topological polar surface area (TPSA) is 107 Å². The van der Waals surface area contributed by atoms with Crippen LogP contribution in [0.2, 0.25) is 5.02 Å². The van der Waals surface area contributed by atoms with Gasteiger partial charge in [-0.05, 0) is 42.7 Å². The molecule has 0 spiro atoms. The molecule has 3 heterocycles. The Balaban J connectivity index is 1.53. The predicted molar refractivity (Wildman–Crippen MR) is 151 cm³/mol. The number of methoxy groups -OCH3 is 1. The number of hydrogen-bond donors (Lipinski definition) is 1. The quantitative estimate of drug-likeness (QED) is 0.271. The lowest BCUT2D eigenvalue weighted by molar-refractivity contribution is -0.130. The molecule has 6 rings (SSSR count). The molecule has 0 unspecified atom stereocenters. The van der Waals surface area contributed by atoms with Crippen LogP contribution in [-0.4, -0.2) is 56.8 Å². The number of hydrogen-bond acceptors (Lipinski definition) is 7. The van der Waals surface area contributed by atoms with E-state index in [-0.39, 0.29) is 42.0 Å². The Morgan fingerprint density at radius 2 is 1.88 bits per heavy atom. The molecule has 2 aromatic heterocycles. The molecule has 4 aromatic rings. The largest absolute Gasteiger partial charge is 0.481 e. The number of carbonyl (C=O) groups excluding carboxylic acids is 2. The third kappa shape index (κ3) is 4.75. The number of aliphatic hydroxyl groups excluding tert-OH is 1. The fourth-order valence-corrected chi connectivity index (χ4v) is 5.49. The number of pyridine rings is 1. The number of fused-ring (bicyclic) bond motifs is 1. The van der Waals surface area contributed by atoms with Crippen molar-refractivity contribution in [3.8, 4) is 5.88 Å². The maximum atomic E-state index is 16.5. The lowest BCUT2D eigenvalue weighted by Crippen LogP contribution is -2.48. The van der Waals surface area contributed by atoms with Gasteiger partial charge in [0.05, 0.1) is 49.8 Å². The second kappa shape index (κ2) is 10.6. The number of ether oxygens (including phenoxy) is 2. The summed E-state index contributed by atoms with van der Waals surface area (Å²) in [5.41, 5.74) is -0.803. The Morgan fingerprint density at radius 1 is 1.12 bits per heavy atom. The summed E-state index contributed by atoms with van der Waals surface area (Å²) in [6.45, 7) is -0.0233. The monoisotopic (exact) mass is 590 g/mol. The zero-order valence-corrected chi connectivity index (χ0v) is 23.8. The van der Waals surface area contributed by atoms with E-state index in [0.29, 0.717) is 22.0 Å². The number of aryl methyl sites for hydroxylation is 1. The molecule has 1 atom stereocenters. The van der Waals surface area contributed by atoms with Gasteiger partial charge in [-0.1, -0.05) is 29.8 Å². The van der Waals surface area contributed by atoms with Crippen molar-refractivity contribution in [3.63, 3.8) is 0 Å². The molecule has 216 valence electrons.